The lowest BCUT2D eigenvalue weighted by atomic mass is 10.1. The van der Waals surface area contributed by atoms with Crippen molar-refractivity contribution in [2.45, 2.75) is 40.5 Å². The molecule has 6 heteroatoms. The van der Waals surface area contributed by atoms with E-state index >= 15 is 0 Å². The molecule has 0 spiro atoms. The lowest BCUT2D eigenvalue weighted by Gasteiger charge is -2.07. The van der Waals surface area contributed by atoms with Crippen LogP contribution < -0.4 is 0 Å². The van der Waals surface area contributed by atoms with Gasteiger partial charge in [0.05, 0.1) is 17.1 Å². The lowest BCUT2D eigenvalue weighted by Crippen LogP contribution is -2.02. The molecule has 0 saturated carbocycles. The molecular weight excluding hydrogens is 376 g/mol. The minimum absolute atomic E-state index is 0.0179. The van der Waals surface area contributed by atoms with Gasteiger partial charge in [-0.3, -0.25) is 19.7 Å². The molecule has 0 bridgehead atoms. The maximum atomic E-state index is 11.6. The van der Waals surface area contributed by atoms with Gasteiger partial charge in [0.25, 0.3) is 0 Å². The summed E-state index contributed by atoms with van der Waals surface area (Å²) in [7, 11) is 0. The molecule has 30 heavy (non-hydrogen) atoms. The number of aromatic nitrogens is 3. The molecule has 0 aliphatic heterocycles. The molecule has 0 amide bonds. The third-order valence-corrected chi connectivity index (χ3v) is 4.66. The molecule has 0 N–H and O–H groups in total. The number of Topliss-reactive ketones (excluding diaryl/α,β-unsaturated/α-hetero) is 1. The summed E-state index contributed by atoms with van der Waals surface area (Å²) in [6.45, 7) is 7.73. The van der Waals surface area contributed by atoms with E-state index in [1.807, 2.05) is 69.3 Å². The first-order valence-electron chi connectivity index (χ1n) is 9.99. The highest BCUT2D eigenvalue weighted by Crippen LogP contribution is 2.18. The highest BCUT2D eigenvalue weighted by Gasteiger charge is 2.09. The van der Waals surface area contributed by atoms with Crippen LogP contribution in [0.1, 0.15) is 53.4 Å². The molecule has 0 aliphatic carbocycles. The Morgan fingerprint density at radius 1 is 0.933 bits per heavy atom. The van der Waals surface area contributed by atoms with E-state index in [9.17, 15) is 4.79 Å². The van der Waals surface area contributed by atoms with Crippen LogP contribution in [-0.2, 0) is 11.3 Å². The maximum absolute atomic E-state index is 11.6. The van der Waals surface area contributed by atoms with Gasteiger partial charge in [0.2, 0.25) is 0 Å². The zero-order valence-electron chi connectivity index (χ0n) is 17.8. The van der Waals surface area contributed by atoms with Crippen molar-refractivity contribution in [1.82, 2.24) is 15.0 Å². The molecule has 0 fully saturated rings. The molecule has 0 atom stereocenters. The van der Waals surface area contributed by atoms with Gasteiger partial charge in [-0.1, -0.05) is 17.3 Å². The first kappa shape index (κ1) is 21.3. The summed E-state index contributed by atoms with van der Waals surface area (Å²) in [4.78, 5) is 30.7. The largest absolute Gasteiger partial charge is 0.396 e. The number of carbonyl (C=O) groups is 1. The van der Waals surface area contributed by atoms with Crippen LogP contribution in [0, 0.1) is 13.8 Å². The summed E-state index contributed by atoms with van der Waals surface area (Å²) in [5, 5.41) is 4.16. The Hall–Kier alpha value is -3.41. The lowest BCUT2D eigenvalue weighted by molar-refractivity contribution is 0.101. The molecule has 0 aromatic carbocycles. The SMILES string of the molecule is CC(=O)c1ccc(-c2cccc(CCCO/N=C(\C)c3cccc(C)n3)n2)nc1C. The molecule has 3 heterocycles. The minimum atomic E-state index is 0.0179. The number of pyridine rings is 3. The molecule has 3 aromatic rings. The third-order valence-electron chi connectivity index (χ3n) is 4.66. The van der Waals surface area contributed by atoms with Gasteiger partial charge in [0.1, 0.15) is 12.3 Å². The Labute approximate surface area is 177 Å². The van der Waals surface area contributed by atoms with Crippen LogP contribution in [-0.4, -0.2) is 33.1 Å². The summed E-state index contributed by atoms with van der Waals surface area (Å²) >= 11 is 0. The normalized spacial score (nSPS) is 11.4. The number of oxime groups is 1. The van der Waals surface area contributed by atoms with Crippen molar-refractivity contribution in [3.05, 3.63) is 76.9 Å². The van der Waals surface area contributed by atoms with Crippen molar-refractivity contribution in [3.8, 4) is 11.4 Å². The highest BCUT2D eigenvalue weighted by molar-refractivity contribution is 5.96. The van der Waals surface area contributed by atoms with E-state index in [1.165, 1.54) is 0 Å². The highest BCUT2D eigenvalue weighted by atomic mass is 16.6. The van der Waals surface area contributed by atoms with Crippen LogP contribution in [0.25, 0.3) is 11.4 Å². The van der Waals surface area contributed by atoms with E-state index < -0.39 is 0 Å². The fourth-order valence-electron chi connectivity index (χ4n) is 3.09. The Morgan fingerprint density at radius 2 is 1.70 bits per heavy atom. The Balaban J connectivity index is 1.56. The van der Waals surface area contributed by atoms with E-state index in [4.69, 9.17) is 9.82 Å². The quantitative estimate of drug-likeness (QED) is 0.236. The fraction of sp³-hybridized carbons (Fsp3) is 0.292. The second-order valence-corrected chi connectivity index (χ2v) is 7.18. The van der Waals surface area contributed by atoms with Gasteiger partial charge in [-0.05, 0) is 76.9 Å². The van der Waals surface area contributed by atoms with Crippen LogP contribution in [0.3, 0.4) is 0 Å². The summed E-state index contributed by atoms with van der Waals surface area (Å²) in [6.07, 6.45) is 1.57. The van der Waals surface area contributed by atoms with Crippen LogP contribution in [0.5, 0.6) is 0 Å². The first-order chi connectivity index (χ1) is 14.4. The topological polar surface area (TPSA) is 77.3 Å². The number of hydrogen-bond acceptors (Lipinski definition) is 6. The van der Waals surface area contributed by atoms with Gasteiger partial charge >= 0.3 is 0 Å². The average molecular weight is 402 g/mol. The van der Waals surface area contributed by atoms with Gasteiger partial charge in [0, 0.05) is 22.6 Å². The van der Waals surface area contributed by atoms with Crippen molar-refractivity contribution >= 4 is 11.5 Å². The van der Waals surface area contributed by atoms with E-state index in [-0.39, 0.29) is 5.78 Å². The monoisotopic (exact) mass is 402 g/mol. The van der Waals surface area contributed by atoms with Crippen molar-refractivity contribution in [2.75, 3.05) is 6.61 Å². The minimum Gasteiger partial charge on any atom is -0.396 e. The van der Waals surface area contributed by atoms with Crippen molar-refractivity contribution in [1.29, 1.82) is 0 Å². The van der Waals surface area contributed by atoms with Crippen LogP contribution >= 0.6 is 0 Å². The molecule has 0 radical (unpaired) electrons. The van der Waals surface area contributed by atoms with Gasteiger partial charge in [-0.25, -0.2) is 0 Å². The predicted octanol–water partition coefficient (Wildman–Crippen LogP) is 4.73. The molecule has 154 valence electrons. The molecule has 0 saturated heterocycles. The smallest absolute Gasteiger partial charge is 0.161 e. The van der Waals surface area contributed by atoms with Crippen LogP contribution in [0.15, 0.2) is 53.7 Å². The van der Waals surface area contributed by atoms with E-state index in [2.05, 4.69) is 15.1 Å². The van der Waals surface area contributed by atoms with Crippen molar-refractivity contribution in [3.63, 3.8) is 0 Å². The number of carbonyl (C=O) groups excluding carboxylic acids is 1. The summed E-state index contributed by atoms with van der Waals surface area (Å²) in [5.41, 5.74) is 6.42. The first-order valence-corrected chi connectivity index (χ1v) is 9.99. The van der Waals surface area contributed by atoms with Gasteiger partial charge in [-0.2, -0.15) is 0 Å². The van der Waals surface area contributed by atoms with Gasteiger partial charge < -0.3 is 4.84 Å². The zero-order chi connectivity index (χ0) is 21.5. The second-order valence-electron chi connectivity index (χ2n) is 7.18. The van der Waals surface area contributed by atoms with Crippen molar-refractivity contribution in [2.24, 2.45) is 5.16 Å². The van der Waals surface area contributed by atoms with E-state index in [0.717, 1.165) is 52.7 Å². The summed E-state index contributed by atoms with van der Waals surface area (Å²) in [6, 6.07) is 15.4. The number of nitrogens with zero attached hydrogens (tertiary/aromatic N) is 4. The average Bonchev–Trinajstić information content (AvgIpc) is 2.73. The molecule has 0 unspecified atom stereocenters. The Bertz CT molecular complexity index is 1080. The Kier molecular flexibility index (Phi) is 7.01. The van der Waals surface area contributed by atoms with Crippen molar-refractivity contribution < 1.29 is 9.63 Å². The number of ketones is 1. The number of rotatable bonds is 8. The van der Waals surface area contributed by atoms with E-state index in [1.54, 1.807) is 6.92 Å². The van der Waals surface area contributed by atoms with E-state index in [0.29, 0.717) is 12.2 Å². The van der Waals surface area contributed by atoms with Gasteiger partial charge in [-0.15, -0.1) is 0 Å². The van der Waals surface area contributed by atoms with Crippen LogP contribution in [0.2, 0.25) is 0 Å². The van der Waals surface area contributed by atoms with Crippen LogP contribution in [0.4, 0.5) is 0 Å². The standard InChI is InChI=1S/C24H26N4O2/c1-16-8-5-11-22(25-16)18(3)28-30-15-7-10-20-9-6-12-23(27-20)24-14-13-21(19(4)29)17(2)26-24/h5-6,8-9,11-14H,7,10,15H2,1-4H3/b28-18+. The summed E-state index contributed by atoms with van der Waals surface area (Å²) < 4.78 is 0. The molecular formula is C24H26N4O2. The van der Waals surface area contributed by atoms with Gasteiger partial charge in [0.15, 0.2) is 5.78 Å². The fourth-order valence-corrected chi connectivity index (χ4v) is 3.09. The molecule has 3 aromatic heterocycles. The number of aryl methyl sites for hydroxylation is 3. The number of hydrogen-bond donors (Lipinski definition) is 0. The maximum Gasteiger partial charge on any atom is 0.161 e. The molecule has 0 aliphatic rings. The predicted molar refractivity (Wildman–Crippen MR) is 118 cm³/mol. The molecule has 3 rings (SSSR count). The second kappa shape index (κ2) is 9.87. The third kappa shape index (κ3) is 5.56. The molecule has 6 nitrogen and oxygen atoms in total. The zero-order valence-corrected chi connectivity index (χ0v) is 17.8. The summed E-state index contributed by atoms with van der Waals surface area (Å²) in [5.74, 6) is 0.0179. The Morgan fingerprint density at radius 3 is 2.43 bits per heavy atom.